The fourth-order valence-electron chi connectivity index (χ4n) is 5.95. The third-order valence-corrected chi connectivity index (χ3v) is 9.12. The summed E-state index contributed by atoms with van der Waals surface area (Å²) < 4.78 is 31.4. The van der Waals surface area contributed by atoms with Gasteiger partial charge in [0.2, 0.25) is 27.8 Å². The Morgan fingerprint density at radius 2 is 1.86 bits per heavy atom. The van der Waals surface area contributed by atoms with Crippen molar-refractivity contribution in [3.8, 4) is 0 Å². The number of hydrogen-bond donors (Lipinski definition) is 3. The van der Waals surface area contributed by atoms with Crippen LogP contribution in [-0.2, 0) is 19.6 Å². The largest absolute Gasteiger partial charge is 0.461 e. The van der Waals surface area contributed by atoms with Gasteiger partial charge < -0.3 is 24.4 Å². The van der Waals surface area contributed by atoms with Crippen molar-refractivity contribution >= 4 is 56.3 Å². The molecule has 262 valence electrons. The average Bonchev–Trinajstić information content (AvgIpc) is 3.64. The second-order valence-electron chi connectivity index (χ2n) is 12.6. The van der Waals surface area contributed by atoms with Crippen molar-refractivity contribution < 1.29 is 32.0 Å². The number of likely N-dealkylation sites (tertiary alicyclic amines) is 2. The zero-order chi connectivity index (χ0) is 35.3. The zero-order valence-corrected chi connectivity index (χ0v) is 28.9. The van der Waals surface area contributed by atoms with E-state index < -0.39 is 22.0 Å². The van der Waals surface area contributed by atoms with E-state index in [0.29, 0.717) is 50.0 Å². The molecule has 2 saturated heterocycles. The van der Waals surface area contributed by atoms with Crippen molar-refractivity contribution in [1.82, 2.24) is 29.7 Å². The lowest BCUT2D eigenvalue weighted by atomic mass is 10.1. The van der Waals surface area contributed by atoms with Crippen molar-refractivity contribution in [2.75, 3.05) is 51.8 Å². The molecule has 0 aliphatic carbocycles. The van der Waals surface area contributed by atoms with Gasteiger partial charge in [0.15, 0.2) is 0 Å². The van der Waals surface area contributed by atoms with Crippen LogP contribution in [0.25, 0.3) is 11.0 Å². The highest BCUT2D eigenvalue weighted by Gasteiger charge is 2.34. The number of fused-ring (bicyclic) bond motifs is 1. The van der Waals surface area contributed by atoms with E-state index in [4.69, 9.17) is 9.41 Å². The van der Waals surface area contributed by atoms with E-state index in [0.717, 1.165) is 23.8 Å². The number of aliphatic imine (C=N–C) groups is 1. The lowest BCUT2D eigenvalue weighted by molar-refractivity contribution is -0.141. The standard InChI is InChI=1S/C33H42N8O7S/c1-21-16-23-17-24(11-13-28(23)48-21)36-33(38-30(43)22-10-12-26(34-18-22)31(44)39(2)3)37-27-9-5-6-14-40(32(27)45)20-29(42)41-15-7-8-25(41)19-35-49(4,46)47/h10-13,16-18,25,27,35H,5-9,14-15,19-20H2,1-4H3,(H2,36,37,38,43)/t25-,27+/m1/s1. The number of anilines is 1. The van der Waals surface area contributed by atoms with Crippen molar-refractivity contribution in [3.63, 3.8) is 0 Å². The van der Waals surface area contributed by atoms with E-state index in [1.54, 1.807) is 31.1 Å². The molecule has 0 unspecified atom stereocenters. The first kappa shape index (κ1) is 35.5. The minimum atomic E-state index is -3.41. The summed E-state index contributed by atoms with van der Waals surface area (Å²) in [5.74, 6) is -0.701. The minimum Gasteiger partial charge on any atom is -0.461 e. The highest BCUT2D eigenvalue weighted by Crippen LogP contribution is 2.24. The quantitative estimate of drug-likeness (QED) is 0.222. The van der Waals surface area contributed by atoms with Crippen LogP contribution in [0.2, 0.25) is 0 Å². The number of nitrogens with one attached hydrogen (secondary N) is 3. The number of rotatable bonds is 9. The molecule has 0 bridgehead atoms. The second-order valence-corrected chi connectivity index (χ2v) is 14.4. The molecule has 16 heteroatoms. The molecule has 2 atom stereocenters. The molecular weight excluding hydrogens is 652 g/mol. The van der Waals surface area contributed by atoms with Gasteiger partial charge in [0.25, 0.3) is 11.8 Å². The number of hydrogen-bond acceptors (Lipinski definition) is 9. The molecule has 3 aromatic rings. The van der Waals surface area contributed by atoms with Gasteiger partial charge in [-0.3, -0.25) is 29.5 Å². The molecule has 5 rings (SSSR count). The van der Waals surface area contributed by atoms with Gasteiger partial charge in [0.05, 0.1) is 18.4 Å². The number of aromatic nitrogens is 1. The van der Waals surface area contributed by atoms with E-state index in [2.05, 4.69) is 20.3 Å². The fraction of sp³-hybridized carbons (Fsp3) is 0.455. The van der Waals surface area contributed by atoms with Gasteiger partial charge in [-0.15, -0.1) is 0 Å². The lowest BCUT2D eigenvalue weighted by Gasteiger charge is -2.29. The number of benzene rings is 1. The SMILES string of the molecule is Cc1cc2cc(NC(=N[C@H]3CCCCN(CC(=O)N4CCC[C@@H]4CNS(C)(=O)=O)C3=O)NC(=O)c3ccc(C(=O)N(C)C)nc3)ccc2o1. The van der Waals surface area contributed by atoms with E-state index in [9.17, 15) is 27.6 Å². The number of nitrogens with zero attached hydrogens (tertiary/aromatic N) is 5. The summed E-state index contributed by atoms with van der Waals surface area (Å²) >= 11 is 0. The molecule has 2 aliphatic rings. The predicted octanol–water partition coefficient (Wildman–Crippen LogP) is 1.96. The highest BCUT2D eigenvalue weighted by atomic mass is 32.2. The maximum absolute atomic E-state index is 13.9. The van der Waals surface area contributed by atoms with Crippen LogP contribution in [-0.4, -0.2) is 116 Å². The summed E-state index contributed by atoms with van der Waals surface area (Å²) in [5.41, 5.74) is 1.64. The summed E-state index contributed by atoms with van der Waals surface area (Å²) in [7, 11) is -0.201. The summed E-state index contributed by atoms with van der Waals surface area (Å²) in [5, 5.41) is 6.74. The monoisotopic (exact) mass is 694 g/mol. The fourth-order valence-corrected chi connectivity index (χ4v) is 6.44. The van der Waals surface area contributed by atoms with Crippen molar-refractivity contribution in [2.45, 2.75) is 51.1 Å². The van der Waals surface area contributed by atoms with Gasteiger partial charge in [-0.05, 0) is 75.4 Å². The van der Waals surface area contributed by atoms with Crippen LogP contribution in [0, 0.1) is 6.92 Å². The third-order valence-electron chi connectivity index (χ3n) is 8.43. The maximum Gasteiger partial charge on any atom is 0.271 e. The van der Waals surface area contributed by atoms with Gasteiger partial charge in [-0.1, -0.05) is 0 Å². The minimum absolute atomic E-state index is 0.0241. The molecule has 3 N–H and O–H groups in total. The van der Waals surface area contributed by atoms with Crippen molar-refractivity contribution in [2.24, 2.45) is 4.99 Å². The smallest absolute Gasteiger partial charge is 0.271 e. The summed E-state index contributed by atoms with van der Waals surface area (Å²) in [4.78, 5) is 66.3. The number of furan rings is 1. The molecule has 4 heterocycles. The van der Waals surface area contributed by atoms with Crippen LogP contribution in [0.1, 0.15) is 58.7 Å². The Morgan fingerprint density at radius 1 is 1.06 bits per heavy atom. The number of carbonyl (C=O) groups excluding carboxylic acids is 4. The van der Waals surface area contributed by atoms with Gasteiger partial charge >= 0.3 is 0 Å². The number of pyridine rings is 1. The van der Waals surface area contributed by atoms with Crippen LogP contribution in [0.5, 0.6) is 0 Å². The van der Waals surface area contributed by atoms with Crippen LogP contribution < -0.4 is 15.4 Å². The van der Waals surface area contributed by atoms with Crippen LogP contribution in [0.3, 0.4) is 0 Å². The molecule has 0 radical (unpaired) electrons. The van der Waals surface area contributed by atoms with Gasteiger partial charge in [-0.2, -0.15) is 0 Å². The van der Waals surface area contributed by atoms with Crippen LogP contribution in [0.4, 0.5) is 5.69 Å². The first-order chi connectivity index (χ1) is 23.3. The Hall–Kier alpha value is -4.83. The molecule has 2 fully saturated rings. The first-order valence-electron chi connectivity index (χ1n) is 16.1. The molecule has 4 amide bonds. The average molecular weight is 695 g/mol. The Kier molecular flexibility index (Phi) is 11.0. The first-order valence-corrected chi connectivity index (χ1v) is 18.0. The van der Waals surface area contributed by atoms with Crippen molar-refractivity contribution in [3.05, 3.63) is 59.6 Å². The molecule has 2 aromatic heterocycles. The zero-order valence-electron chi connectivity index (χ0n) is 28.1. The molecule has 0 saturated carbocycles. The topological polar surface area (TPSA) is 187 Å². The van der Waals surface area contributed by atoms with E-state index in [-0.39, 0.29) is 54.1 Å². The third kappa shape index (κ3) is 9.20. The molecule has 2 aliphatic heterocycles. The van der Waals surface area contributed by atoms with Crippen LogP contribution >= 0.6 is 0 Å². The summed E-state index contributed by atoms with van der Waals surface area (Å²) in [6.45, 7) is 2.66. The number of carbonyl (C=O) groups is 4. The number of amides is 4. The Labute approximate surface area is 285 Å². The predicted molar refractivity (Wildman–Crippen MR) is 184 cm³/mol. The van der Waals surface area contributed by atoms with Gasteiger partial charge in [0, 0.05) is 57.0 Å². The Balaban J connectivity index is 1.36. The van der Waals surface area contributed by atoms with Crippen LogP contribution in [0.15, 0.2) is 52.0 Å². The van der Waals surface area contributed by atoms with Gasteiger partial charge in [0.1, 0.15) is 23.1 Å². The second kappa shape index (κ2) is 15.2. The van der Waals surface area contributed by atoms with Crippen molar-refractivity contribution in [1.29, 1.82) is 0 Å². The van der Waals surface area contributed by atoms with E-state index in [1.165, 1.54) is 28.1 Å². The molecule has 15 nitrogen and oxygen atoms in total. The maximum atomic E-state index is 13.9. The molecule has 49 heavy (non-hydrogen) atoms. The normalized spacial score (nSPS) is 18.8. The number of sulfonamides is 1. The molecule has 0 spiro atoms. The number of guanidine groups is 1. The molecule has 1 aromatic carbocycles. The summed E-state index contributed by atoms with van der Waals surface area (Å²) in [6.07, 6.45) is 5.52. The lowest BCUT2D eigenvalue weighted by Crippen LogP contribution is -2.49. The summed E-state index contributed by atoms with van der Waals surface area (Å²) in [6, 6.07) is 9.03. The van der Waals surface area contributed by atoms with Gasteiger partial charge in [-0.25, -0.2) is 18.1 Å². The Bertz CT molecular complexity index is 1860. The van der Waals surface area contributed by atoms with E-state index in [1.807, 2.05) is 19.1 Å². The Morgan fingerprint density at radius 3 is 2.57 bits per heavy atom. The molecular formula is C33H42N8O7S. The number of aryl methyl sites for hydroxylation is 1. The van der Waals surface area contributed by atoms with E-state index >= 15 is 0 Å². The highest BCUT2D eigenvalue weighted by molar-refractivity contribution is 7.88.